The summed E-state index contributed by atoms with van der Waals surface area (Å²) in [6.07, 6.45) is -2.74. The van der Waals surface area contributed by atoms with E-state index in [0.29, 0.717) is 4.90 Å². The molecule has 7 heteroatoms. The number of hydrogen-bond donors (Lipinski definition) is 2. The van der Waals surface area contributed by atoms with Crippen molar-refractivity contribution in [1.29, 1.82) is 0 Å². The topological polar surface area (TPSA) is 77.8 Å². The van der Waals surface area contributed by atoms with Gasteiger partial charge >= 0.3 is 11.9 Å². The lowest BCUT2D eigenvalue weighted by molar-refractivity contribution is -0.142. The molecular weight excluding hydrogens is 188 g/mol. The van der Waals surface area contributed by atoms with Gasteiger partial charge in [0.15, 0.2) is 0 Å². The van der Waals surface area contributed by atoms with Crippen molar-refractivity contribution in [2.24, 2.45) is 0 Å². The van der Waals surface area contributed by atoms with E-state index >= 15 is 0 Å². The maximum atomic E-state index is 11.8. The van der Waals surface area contributed by atoms with Gasteiger partial charge in [-0.15, -0.1) is 0 Å². The smallest absolute Gasteiger partial charge is 0.317 e. The van der Waals surface area contributed by atoms with Crippen LogP contribution in [0.1, 0.15) is 0 Å². The molecule has 13 heavy (non-hydrogen) atoms. The van der Waals surface area contributed by atoms with Crippen molar-refractivity contribution >= 4 is 11.9 Å². The fourth-order valence-corrected chi connectivity index (χ4v) is 0.763. The Morgan fingerprint density at radius 3 is 1.77 bits per heavy atom. The zero-order valence-electron chi connectivity index (χ0n) is 6.61. The first-order valence-electron chi connectivity index (χ1n) is 3.36. The molecule has 0 saturated carbocycles. The van der Waals surface area contributed by atoms with Crippen molar-refractivity contribution < 1.29 is 28.6 Å². The zero-order chi connectivity index (χ0) is 10.4. The monoisotopic (exact) mass is 197 g/mol. The highest BCUT2D eigenvalue weighted by molar-refractivity contribution is 5.72. The van der Waals surface area contributed by atoms with Gasteiger partial charge in [-0.3, -0.25) is 14.5 Å². The van der Waals surface area contributed by atoms with E-state index in [1.54, 1.807) is 0 Å². The Labute approximate surface area is 72.6 Å². The molecule has 76 valence electrons. The van der Waals surface area contributed by atoms with Crippen LogP contribution < -0.4 is 0 Å². The third-order valence-electron chi connectivity index (χ3n) is 1.11. The highest BCUT2D eigenvalue weighted by Gasteiger charge is 2.17. The lowest BCUT2D eigenvalue weighted by Crippen LogP contribution is -2.37. The summed E-state index contributed by atoms with van der Waals surface area (Å²) in [4.78, 5) is 20.8. The Morgan fingerprint density at radius 1 is 1.15 bits per heavy atom. The van der Waals surface area contributed by atoms with Gasteiger partial charge < -0.3 is 10.2 Å². The number of alkyl halides is 2. The van der Waals surface area contributed by atoms with Crippen molar-refractivity contribution in [3.8, 4) is 0 Å². The summed E-state index contributed by atoms with van der Waals surface area (Å²) in [5.74, 6) is -2.66. The molecule has 0 aliphatic rings. The van der Waals surface area contributed by atoms with Gasteiger partial charge in [-0.2, -0.15) is 0 Å². The van der Waals surface area contributed by atoms with E-state index in [2.05, 4.69) is 0 Å². The van der Waals surface area contributed by atoms with Crippen molar-refractivity contribution in [2.45, 2.75) is 6.43 Å². The first kappa shape index (κ1) is 11.8. The first-order valence-corrected chi connectivity index (χ1v) is 3.36. The number of halogens is 2. The van der Waals surface area contributed by atoms with E-state index in [1.807, 2.05) is 0 Å². The average Bonchev–Trinajstić information content (AvgIpc) is 1.80. The van der Waals surface area contributed by atoms with Crippen LogP contribution in [-0.4, -0.2) is 53.1 Å². The molecule has 2 N–H and O–H groups in total. The number of hydrogen-bond acceptors (Lipinski definition) is 3. The van der Waals surface area contributed by atoms with Gasteiger partial charge in [0.1, 0.15) is 0 Å². The van der Waals surface area contributed by atoms with Gasteiger partial charge in [-0.25, -0.2) is 8.78 Å². The molecule has 0 saturated heterocycles. The Balaban J connectivity index is 4.02. The third kappa shape index (κ3) is 7.13. The molecule has 5 nitrogen and oxygen atoms in total. The minimum atomic E-state index is -2.74. The predicted octanol–water partition coefficient (Wildman–Crippen LogP) is -0.277. The van der Waals surface area contributed by atoms with Gasteiger partial charge in [0, 0.05) is 0 Å². The summed E-state index contributed by atoms with van der Waals surface area (Å²) >= 11 is 0. The number of rotatable bonds is 6. The first-order chi connectivity index (χ1) is 5.91. The van der Waals surface area contributed by atoms with Crippen LogP contribution in [0.3, 0.4) is 0 Å². The zero-order valence-corrected chi connectivity index (χ0v) is 6.61. The molecule has 0 amide bonds. The Morgan fingerprint density at radius 2 is 1.54 bits per heavy atom. The predicted molar refractivity (Wildman–Crippen MR) is 37.7 cm³/mol. The van der Waals surface area contributed by atoms with Crippen LogP contribution >= 0.6 is 0 Å². The van der Waals surface area contributed by atoms with Crippen LogP contribution in [0, 0.1) is 0 Å². The summed E-state index contributed by atoms with van der Waals surface area (Å²) in [5, 5.41) is 16.5. The molecule has 0 aromatic carbocycles. The van der Waals surface area contributed by atoms with Crippen LogP contribution in [0.15, 0.2) is 0 Å². The Bertz CT molecular complexity index is 181. The molecule has 0 heterocycles. The highest BCUT2D eigenvalue weighted by atomic mass is 19.3. The van der Waals surface area contributed by atoms with Gasteiger partial charge in [-0.05, 0) is 0 Å². The second-order valence-electron chi connectivity index (χ2n) is 2.35. The van der Waals surface area contributed by atoms with Crippen LogP contribution in [0.4, 0.5) is 8.78 Å². The Hall–Kier alpha value is -1.24. The summed E-state index contributed by atoms with van der Waals surface area (Å²) < 4.78 is 23.5. The summed E-state index contributed by atoms with van der Waals surface area (Å²) in [7, 11) is 0. The van der Waals surface area contributed by atoms with Crippen molar-refractivity contribution in [3.05, 3.63) is 0 Å². The average molecular weight is 197 g/mol. The number of nitrogens with zero attached hydrogens (tertiary/aromatic N) is 1. The van der Waals surface area contributed by atoms with Gasteiger partial charge in [0.2, 0.25) is 0 Å². The van der Waals surface area contributed by atoms with E-state index < -0.39 is 38.0 Å². The lowest BCUT2D eigenvalue weighted by atomic mass is 10.4. The van der Waals surface area contributed by atoms with Gasteiger partial charge in [0.05, 0.1) is 19.6 Å². The lowest BCUT2D eigenvalue weighted by Gasteiger charge is -2.16. The second-order valence-corrected chi connectivity index (χ2v) is 2.35. The van der Waals surface area contributed by atoms with Crippen molar-refractivity contribution in [1.82, 2.24) is 4.90 Å². The minimum Gasteiger partial charge on any atom is -0.480 e. The maximum Gasteiger partial charge on any atom is 0.317 e. The number of carboxylic acid groups (broad SMARTS) is 2. The van der Waals surface area contributed by atoms with Crippen LogP contribution in [0.5, 0.6) is 0 Å². The van der Waals surface area contributed by atoms with E-state index in [4.69, 9.17) is 10.2 Å². The Kier molecular flexibility index (Phi) is 4.90. The minimum absolute atomic E-state index is 0.648. The highest BCUT2D eigenvalue weighted by Crippen LogP contribution is 1.97. The van der Waals surface area contributed by atoms with Crippen molar-refractivity contribution in [3.63, 3.8) is 0 Å². The van der Waals surface area contributed by atoms with E-state index in [-0.39, 0.29) is 0 Å². The van der Waals surface area contributed by atoms with E-state index in [9.17, 15) is 18.4 Å². The fourth-order valence-electron chi connectivity index (χ4n) is 0.763. The van der Waals surface area contributed by atoms with E-state index in [1.165, 1.54) is 0 Å². The molecule has 0 aliphatic carbocycles. The molecule has 0 aromatic heterocycles. The molecule has 0 atom stereocenters. The number of carboxylic acids is 2. The number of carbonyl (C=O) groups is 2. The molecule has 0 spiro atoms. The molecule has 0 rings (SSSR count). The largest absolute Gasteiger partial charge is 0.480 e. The summed E-state index contributed by atoms with van der Waals surface area (Å²) in [6.45, 7) is -2.24. The molecule has 0 radical (unpaired) electrons. The molecule has 0 aromatic rings. The van der Waals surface area contributed by atoms with Crippen LogP contribution in [0.25, 0.3) is 0 Å². The third-order valence-corrected chi connectivity index (χ3v) is 1.11. The normalized spacial score (nSPS) is 10.8. The standard InChI is InChI=1S/C6H9F2NO4/c7-4(8)1-9(2-5(10)11)3-6(12)13/h4H,1-3H2,(H,10,11)(H,12,13). The van der Waals surface area contributed by atoms with E-state index in [0.717, 1.165) is 0 Å². The van der Waals surface area contributed by atoms with Crippen LogP contribution in [-0.2, 0) is 9.59 Å². The summed E-state index contributed by atoms with van der Waals surface area (Å²) in [6, 6.07) is 0. The van der Waals surface area contributed by atoms with Crippen molar-refractivity contribution in [2.75, 3.05) is 19.6 Å². The van der Waals surface area contributed by atoms with Gasteiger partial charge in [0.25, 0.3) is 6.43 Å². The molecule has 0 unspecified atom stereocenters. The second kappa shape index (κ2) is 5.41. The fraction of sp³-hybridized carbons (Fsp3) is 0.667. The SMILES string of the molecule is O=C(O)CN(CC(=O)O)CC(F)F. The quantitative estimate of drug-likeness (QED) is 0.612. The van der Waals surface area contributed by atoms with Crippen LogP contribution in [0.2, 0.25) is 0 Å². The maximum absolute atomic E-state index is 11.8. The molecule has 0 bridgehead atoms. The number of aliphatic carboxylic acids is 2. The molecule has 0 aliphatic heterocycles. The molecular formula is C6H9F2NO4. The summed E-state index contributed by atoms with van der Waals surface area (Å²) in [5.41, 5.74) is 0. The molecule has 0 fully saturated rings. The van der Waals surface area contributed by atoms with Gasteiger partial charge in [-0.1, -0.05) is 0 Å².